The number of alkyl halides is 1. The zero-order valence-electron chi connectivity index (χ0n) is 27.8. The van der Waals surface area contributed by atoms with Crippen LogP contribution in [0.15, 0.2) is 66.7 Å². The Morgan fingerprint density at radius 2 is 1.65 bits per heavy atom. The van der Waals surface area contributed by atoms with Crippen molar-refractivity contribution in [1.29, 1.82) is 0 Å². The summed E-state index contributed by atoms with van der Waals surface area (Å²) >= 11 is 6.34. The van der Waals surface area contributed by atoms with Crippen LogP contribution in [0.1, 0.15) is 45.8 Å². The summed E-state index contributed by atoms with van der Waals surface area (Å²) in [5.41, 5.74) is 3.02. The number of carbonyl (C=O) groups is 3. The Bertz CT molecular complexity index is 2140. The molecule has 0 bridgehead atoms. The highest BCUT2D eigenvalue weighted by Gasteiger charge is 2.45. The lowest BCUT2D eigenvalue weighted by atomic mass is 9.93. The number of phosphoric ester groups is 1. The number of phosphoric acid groups is 1. The molecule has 3 amide bonds. The van der Waals surface area contributed by atoms with Gasteiger partial charge in [-0.1, -0.05) is 48.5 Å². The van der Waals surface area contributed by atoms with Crippen molar-refractivity contribution in [2.45, 2.75) is 44.0 Å². The van der Waals surface area contributed by atoms with Crippen molar-refractivity contribution in [3.05, 3.63) is 89.0 Å². The van der Waals surface area contributed by atoms with E-state index in [1.165, 1.54) is 35.1 Å². The Morgan fingerprint density at radius 1 is 0.962 bits per heavy atom. The summed E-state index contributed by atoms with van der Waals surface area (Å²) in [6.45, 7) is 0.447. The van der Waals surface area contributed by atoms with Crippen molar-refractivity contribution >= 4 is 59.5 Å². The number of methoxy groups -OCH3 is 1. The van der Waals surface area contributed by atoms with E-state index in [1.807, 2.05) is 24.3 Å². The third-order valence-electron chi connectivity index (χ3n) is 9.76. The molecule has 0 radical (unpaired) electrons. The van der Waals surface area contributed by atoms with E-state index in [1.54, 1.807) is 24.3 Å². The van der Waals surface area contributed by atoms with Gasteiger partial charge in [0.15, 0.2) is 17.7 Å². The number of fused-ring (bicyclic) bond motifs is 6. The molecule has 7 rings (SSSR count). The van der Waals surface area contributed by atoms with Crippen LogP contribution in [-0.2, 0) is 22.3 Å². The molecule has 4 aromatic rings. The summed E-state index contributed by atoms with van der Waals surface area (Å²) in [6, 6.07) is 17.8. The van der Waals surface area contributed by atoms with Crippen molar-refractivity contribution in [3.63, 3.8) is 0 Å². The van der Waals surface area contributed by atoms with Gasteiger partial charge in [-0.05, 0) is 41.0 Å². The summed E-state index contributed by atoms with van der Waals surface area (Å²) in [4.78, 5) is 63.0. The number of ether oxygens (including phenoxy) is 2. The van der Waals surface area contributed by atoms with Crippen LogP contribution in [0.2, 0.25) is 0 Å². The van der Waals surface area contributed by atoms with Gasteiger partial charge in [0.2, 0.25) is 5.91 Å². The molecule has 14 nitrogen and oxygen atoms in total. The highest BCUT2D eigenvalue weighted by Crippen LogP contribution is 2.49. The van der Waals surface area contributed by atoms with Crippen LogP contribution in [0, 0.1) is 0 Å². The second-order valence-corrected chi connectivity index (χ2v) is 14.3. The zero-order chi connectivity index (χ0) is 36.9. The van der Waals surface area contributed by atoms with Crippen molar-refractivity contribution in [2.75, 3.05) is 35.9 Å². The first-order valence-corrected chi connectivity index (χ1v) is 18.6. The molecule has 3 aliphatic heterocycles. The zero-order valence-corrected chi connectivity index (χ0v) is 29.5. The number of aliphatic hydroxyl groups excluding tert-OH is 1. The fraction of sp³-hybridized carbons (Fsp3) is 0.306. The maximum atomic E-state index is 13.9. The average molecular weight is 752 g/mol. The van der Waals surface area contributed by atoms with Crippen LogP contribution >= 0.6 is 19.4 Å². The Morgan fingerprint density at radius 3 is 2.35 bits per heavy atom. The Balaban J connectivity index is 1.11. The first kappa shape index (κ1) is 35.5. The molecule has 0 saturated heterocycles. The summed E-state index contributed by atoms with van der Waals surface area (Å²) < 4.78 is 28.3. The molecule has 0 aliphatic carbocycles. The SMILES string of the molecule is COc1cc2c(cc1OCCCC(=O)N1C[C@@H](CCl)c3c1cc(OP(=O)(O)O)c1ccccc31)N(C(=O)O)C(O)[C@@H]1Cc3ccccc3CN1C2=O. The molecule has 4 N–H and O–H groups in total. The fourth-order valence-electron chi connectivity index (χ4n) is 7.43. The van der Waals surface area contributed by atoms with E-state index >= 15 is 0 Å². The standard InChI is InChI=1S/C36H35ClN3O11P/c1-49-30-14-25-26(40(36(44)45)35(43)28-13-20-7-2-3-8-21(20)18-39(28)34(25)42)15-31(30)50-12-6-11-32(41)38-19-22(17-37)33-24-10-5-4-9-23(24)29(16-27(33)38)51-52(46,47)48/h2-5,7-10,14-16,22,28,35,43H,6,11-13,17-19H2,1H3,(H,44,45)(H2,46,47,48)/t22-,28+,35?/m1/s1. The predicted molar refractivity (Wildman–Crippen MR) is 190 cm³/mol. The van der Waals surface area contributed by atoms with E-state index in [0.717, 1.165) is 21.6 Å². The van der Waals surface area contributed by atoms with Crippen molar-refractivity contribution in [2.24, 2.45) is 0 Å². The van der Waals surface area contributed by atoms with Crippen LogP contribution in [0.4, 0.5) is 16.2 Å². The van der Waals surface area contributed by atoms with Gasteiger partial charge in [-0.3, -0.25) is 19.4 Å². The molecule has 52 heavy (non-hydrogen) atoms. The number of hydrogen-bond acceptors (Lipinski definition) is 8. The van der Waals surface area contributed by atoms with E-state index in [-0.39, 0.29) is 85.2 Å². The van der Waals surface area contributed by atoms with Crippen molar-refractivity contribution in [1.82, 2.24) is 4.90 Å². The number of aliphatic hydroxyl groups is 1. The topological polar surface area (TPSA) is 187 Å². The smallest absolute Gasteiger partial charge is 0.493 e. The molecule has 272 valence electrons. The number of amides is 3. The largest absolute Gasteiger partial charge is 0.524 e. The molecule has 3 atom stereocenters. The molecule has 3 aliphatic rings. The first-order chi connectivity index (χ1) is 24.9. The van der Waals surface area contributed by atoms with E-state index < -0.39 is 32.1 Å². The number of anilines is 2. The second kappa shape index (κ2) is 13.9. The Hall–Kier alpha value is -4.85. The molecular weight excluding hydrogens is 717 g/mol. The van der Waals surface area contributed by atoms with Gasteiger partial charge in [0.05, 0.1) is 36.7 Å². The lowest BCUT2D eigenvalue weighted by molar-refractivity contribution is -0.118. The molecule has 3 heterocycles. The summed E-state index contributed by atoms with van der Waals surface area (Å²) in [5, 5.41) is 22.8. The third-order valence-corrected chi connectivity index (χ3v) is 10.6. The average Bonchev–Trinajstić information content (AvgIpc) is 3.47. The molecule has 16 heteroatoms. The highest BCUT2D eigenvalue weighted by atomic mass is 35.5. The van der Waals surface area contributed by atoms with E-state index in [9.17, 15) is 38.9 Å². The van der Waals surface area contributed by atoms with Crippen molar-refractivity contribution < 1.29 is 52.9 Å². The van der Waals surface area contributed by atoms with E-state index in [2.05, 4.69) is 0 Å². The molecule has 0 aromatic heterocycles. The molecule has 4 aromatic carbocycles. The molecule has 0 spiro atoms. The normalized spacial score (nSPS) is 19.4. The van der Waals surface area contributed by atoms with Gasteiger partial charge in [0.25, 0.3) is 5.91 Å². The van der Waals surface area contributed by atoms with Crippen molar-refractivity contribution in [3.8, 4) is 17.2 Å². The molecular formula is C36H35ClN3O11P. The summed E-state index contributed by atoms with van der Waals surface area (Å²) in [6.07, 6.45) is -2.53. The highest BCUT2D eigenvalue weighted by molar-refractivity contribution is 7.46. The number of carboxylic acid groups (broad SMARTS) is 1. The van der Waals surface area contributed by atoms with Crippen LogP contribution < -0.4 is 23.8 Å². The third kappa shape index (κ3) is 6.41. The van der Waals surface area contributed by atoms with Crippen LogP contribution in [0.3, 0.4) is 0 Å². The summed E-state index contributed by atoms with van der Waals surface area (Å²) in [5.74, 6) is -0.563. The molecule has 0 saturated carbocycles. The lowest BCUT2D eigenvalue weighted by Gasteiger charge is -2.39. The minimum atomic E-state index is -4.91. The minimum absolute atomic E-state index is 0.00155. The van der Waals surface area contributed by atoms with Gasteiger partial charge in [-0.2, -0.15) is 0 Å². The van der Waals surface area contributed by atoms with Gasteiger partial charge in [-0.15, -0.1) is 11.6 Å². The Kier molecular flexibility index (Phi) is 9.53. The maximum Gasteiger partial charge on any atom is 0.524 e. The lowest BCUT2D eigenvalue weighted by Crippen LogP contribution is -2.55. The van der Waals surface area contributed by atoms with Crippen LogP contribution in [0.25, 0.3) is 10.8 Å². The first-order valence-electron chi connectivity index (χ1n) is 16.5. The second-order valence-electron chi connectivity index (χ2n) is 12.8. The van der Waals surface area contributed by atoms with Gasteiger partial charge in [0, 0.05) is 48.8 Å². The Labute approximate surface area is 302 Å². The number of carbonyl (C=O) groups excluding carboxylic acids is 2. The van der Waals surface area contributed by atoms with Gasteiger partial charge < -0.3 is 34.0 Å². The maximum absolute atomic E-state index is 13.9. The van der Waals surface area contributed by atoms with E-state index in [0.29, 0.717) is 16.5 Å². The van der Waals surface area contributed by atoms with Gasteiger partial charge >= 0.3 is 13.9 Å². The number of halogens is 1. The fourth-order valence-corrected chi connectivity index (χ4v) is 8.09. The monoisotopic (exact) mass is 751 g/mol. The molecule has 1 unspecified atom stereocenters. The van der Waals surface area contributed by atoms with E-state index in [4.69, 9.17) is 25.6 Å². The van der Waals surface area contributed by atoms with Gasteiger partial charge in [0.1, 0.15) is 5.75 Å². The van der Waals surface area contributed by atoms with Gasteiger partial charge in [-0.25, -0.2) is 14.3 Å². The minimum Gasteiger partial charge on any atom is -0.493 e. The quantitative estimate of drug-likeness (QED) is 0.0997. The van der Waals surface area contributed by atoms with Crippen LogP contribution in [0.5, 0.6) is 17.2 Å². The number of hydrogen-bond donors (Lipinski definition) is 4. The number of rotatable bonds is 9. The number of benzene rings is 4. The molecule has 0 fully saturated rings. The predicted octanol–water partition coefficient (Wildman–Crippen LogP) is 5.23. The number of nitrogens with zero attached hydrogens (tertiary/aromatic N) is 3. The summed E-state index contributed by atoms with van der Waals surface area (Å²) in [7, 11) is -3.53. The van der Waals surface area contributed by atoms with Crippen LogP contribution in [-0.4, -0.2) is 81.2 Å².